The van der Waals surface area contributed by atoms with Crippen LogP contribution in [0.25, 0.3) is 43.8 Å². The van der Waals surface area contributed by atoms with Crippen molar-refractivity contribution in [1.82, 2.24) is 0 Å². The molecule has 0 bridgehead atoms. The molecule has 1 aliphatic carbocycles. The molecule has 0 aromatic heterocycles. The van der Waals surface area contributed by atoms with Crippen molar-refractivity contribution in [2.24, 2.45) is 0 Å². The number of benzene rings is 11. The summed E-state index contributed by atoms with van der Waals surface area (Å²) in [6.45, 7) is 26.4. The van der Waals surface area contributed by atoms with Crippen LogP contribution < -0.4 is 40.6 Å². The summed E-state index contributed by atoms with van der Waals surface area (Å²) in [5.41, 5.74) is 25.1. The van der Waals surface area contributed by atoms with E-state index < -0.39 is 0 Å². The Morgan fingerprint density at radius 3 is 1.61 bits per heavy atom. The van der Waals surface area contributed by atoms with Crippen LogP contribution in [0, 0.1) is 0 Å². The molecule has 0 spiro atoms. The number of ether oxygens (including phenoxy) is 2. The highest BCUT2D eigenvalue weighted by molar-refractivity contribution is 7.00. The quantitative estimate of drug-likeness (QED) is 0.155. The lowest BCUT2D eigenvalue weighted by molar-refractivity contribution is 0.172. The van der Waals surface area contributed by atoms with Gasteiger partial charge in [0.05, 0.1) is 5.69 Å². The number of hydrogen-bond acceptors (Lipinski definition) is 5. The zero-order valence-corrected chi connectivity index (χ0v) is 50.9. The second kappa shape index (κ2) is 19.0. The average molecular weight is 1110 g/mol. The molecule has 0 amide bonds. The van der Waals surface area contributed by atoms with E-state index in [2.05, 4.69) is 303 Å². The van der Waals surface area contributed by atoms with Crippen molar-refractivity contribution in [3.63, 3.8) is 0 Å². The van der Waals surface area contributed by atoms with Crippen LogP contribution in [0.15, 0.2) is 212 Å². The minimum atomic E-state index is -0.198. The molecular formula is C79H72BN3O2. The van der Waals surface area contributed by atoms with Crippen molar-refractivity contribution in [2.45, 2.75) is 97.8 Å². The third-order valence-corrected chi connectivity index (χ3v) is 18.8. The van der Waals surface area contributed by atoms with Crippen LogP contribution in [0.2, 0.25) is 0 Å². The van der Waals surface area contributed by atoms with E-state index in [0.29, 0.717) is 13.2 Å². The van der Waals surface area contributed by atoms with E-state index >= 15 is 0 Å². The first-order valence-corrected chi connectivity index (χ1v) is 30.4. The number of anilines is 9. The van der Waals surface area contributed by atoms with Gasteiger partial charge in [-0.15, -0.1) is 0 Å². The van der Waals surface area contributed by atoms with E-state index in [1.807, 2.05) is 0 Å². The summed E-state index contributed by atoms with van der Waals surface area (Å²) < 4.78 is 13.0. The van der Waals surface area contributed by atoms with Crippen LogP contribution in [0.4, 0.5) is 51.2 Å². The van der Waals surface area contributed by atoms with E-state index in [4.69, 9.17) is 9.47 Å². The summed E-state index contributed by atoms with van der Waals surface area (Å²) in [5, 5.41) is 4.90. The molecule has 6 heteroatoms. The summed E-state index contributed by atoms with van der Waals surface area (Å²) in [6.07, 6.45) is 0. The van der Waals surface area contributed by atoms with Crippen molar-refractivity contribution in [1.29, 1.82) is 0 Å². The van der Waals surface area contributed by atoms with Gasteiger partial charge in [0.1, 0.15) is 13.2 Å². The minimum absolute atomic E-state index is 0.00603. The van der Waals surface area contributed by atoms with Gasteiger partial charge in [0.15, 0.2) is 11.5 Å². The zero-order valence-electron chi connectivity index (χ0n) is 50.9. The van der Waals surface area contributed by atoms with Crippen molar-refractivity contribution in [3.05, 3.63) is 240 Å². The molecule has 0 atom stereocenters. The molecule has 15 rings (SSSR count). The van der Waals surface area contributed by atoms with Gasteiger partial charge in [0.2, 0.25) is 0 Å². The average Bonchev–Trinajstić information content (AvgIpc) is 1.53. The Morgan fingerprint density at radius 2 is 0.965 bits per heavy atom. The maximum absolute atomic E-state index is 6.49. The number of nitrogens with zero attached hydrogens (tertiary/aromatic N) is 3. The highest BCUT2D eigenvalue weighted by Gasteiger charge is 2.46. The Hall–Kier alpha value is -9.00. The third kappa shape index (κ3) is 8.49. The van der Waals surface area contributed by atoms with Gasteiger partial charge < -0.3 is 24.2 Å². The molecule has 0 N–H and O–H groups in total. The molecule has 0 saturated heterocycles. The van der Waals surface area contributed by atoms with E-state index in [1.165, 1.54) is 82.6 Å². The first-order chi connectivity index (χ1) is 40.8. The van der Waals surface area contributed by atoms with Crippen molar-refractivity contribution < 1.29 is 9.47 Å². The van der Waals surface area contributed by atoms with Gasteiger partial charge in [-0.3, -0.25) is 0 Å². The maximum atomic E-state index is 6.49. The molecule has 0 unspecified atom stereocenters. The van der Waals surface area contributed by atoms with Crippen LogP contribution in [-0.4, -0.2) is 19.9 Å². The van der Waals surface area contributed by atoms with Crippen LogP contribution in [-0.2, 0) is 21.7 Å². The van der Waals surface area contributed by atoms with Gasteiger partial charge >= 0.3 is 0 Å². The molecule has 418 valence electrons. The summed E-state index contributed by atoms with van der Waals surface area (Å²) in [5.74, 6) is 1.57. The summed E-state index contributed by atoms with van der Waals surface area (Å²) in [4.78, 5) is 7.55. The van der Waals surface area contributed by atoms with Gasteiger partial charge in [-0.25, -0.2) is 0 Å². The SMILES string of the molecule is CC(C)(C)c1ccc(N2c3ccc(C(C)(C)C)cc3B3c4cc5c(cc4N(c4ccc(C(C)(C)C)cc4)c4cc(-c6ccc(N(c7ccc8ccccc8c7)c7cc8c(c9ccccc79)-c7ccccc7C8(C)C)cc6)cc2c43)OCCO5)cc1. The first kappa shape index (κ1) is 52.8. The topological polar surface area (TPSA) is 28.2 Å². The summed E-state index contributed by atoms with van der Waals surface area (Å²) >= 11 is 0. The third-order valence-electron chi connectivity index (χ3n) is 18.8. The fourth-order valence-corrected chi connectivity index (χ4v) is 14.2. The van der Waals surface area contributed by atoms with Crippen molar-refractivity contribution in [3.8, 4) is 33.8 Å². The standard InChI is InChI=1S/C79H72BN3O2/c1-76(2,3)53-27-35-57(36-28-53)82-67-39-31-55(78(7,8)9)45-65(67)80-66-47-72-73(85-41-40-84-72)48-69(66)83(58-37-29-54(30-38-58)77(4,5)6)71-44-52(43-70(82)75(71)80)50-24-32-56(33-25-50)81(59-34-26-49-18-12-13-19-51(49)42-59)68-46-64-74(61-21-15-14-20-60(61)68)62-22-16-17-23-63(62)79(64,10)11/h12-39,42-48H,40-41H2,1-11H3. The Bertz CT molecular complexity index is 4520. The van der Waals surface area contributed by atoms with E-state index in [9.17, 15) is 0 Å². The fraction of sp³-hybridized carbons (Fsp3) is 0.215. The summed E-state index contributed by atoms with van der Waals surface area (Å²) in [6, 6.07) is 80.8. The molecule has 3 heterocycles. The Kier molecular flexibility index (Phi) is 11.8. The van der Waals surface area contributed by atoms with Crippen LogP contribution >= 0.6 is 0 Å². The molecule has 0 saturated carbocycles. The van der Waals surface area contributed by atoms with Crippen LogP contribution in [0.5, 0.6) is 11.5 Å². The normalized spacial score (nSPS) is 14.6. The number of hydrogen-bond donors (Lipinski definition) is 0. The lowest BCUT2D eigenvalue weighted by atomic mass is 9.33. The fourth-order valence-electron chi connectivity index (χ4n) is 14.2. The highest BCUT2D eigenvalue weighted by Crippen LogP contribution is 2.55. The van der Waals surface area contributed by atoms with Gasteiger partial charge in [-0.05, 0) is 178 Å². The molecule has 5 nitrogen and oxygen atoms in total. The maximum Gasteiger partial charge on any atom is 0.252 e. The van der Waals surface area contributed by atoms with Crippen molar-refractivity contribution in [2.75, 3.05) is 27.9 Å². The first-order valence-electron chi connectivity index (χ1n) is 30.4. The molecule has 0 radical (unpaired) electrons. The number of fused-ring (bicyclic) bond motifs is 11. The Labute approximate surface area is 502 Å². The van der Waals surface area contributed by atoms with Crippen LogP contribution in [0.3, 0.4) is 0 Å². The molecule has 85 heavy (non-hydrogen) atoms. The molecule has 0 fully saturated rings. The highest BCUT2D eigenvalue weighted by atomic mass is 16.6. The van der Waals surface area contributed by atoms with Gasteiger partial charge in [-0.1, -0.05) is 204 Å². The second-order valence-electron chi connectivity index (χ2n) is 27.7. The Morgan fingerprint density at radius 1 is 0.424 bits per heavy atom. The van der Waals surface area contributed by atoms with Gasteiger partial charge in [0, 0.05) is 62.4 Å². The minimum Gasteiger partial charge on any atom is -0.486 e. The van der Waals surface area contributed by atoms with Crippen LogP contribution in [0.1, 0.15) is 104 Å². The smallest absolute Gasteiger partial charge is 0.252 e. The second-order valence-corrected chi connectivity index (χ2v) is 27.7. The van der Waals surface area contributed by atoms with Gasteiger partial charge in [-0.2, -0.15) is 0 Å². The lowest BCUT2D eigenvalue weighted by Gasteiger charge is -2.45. The number of rotatable bonds is 6. The van der Waals surface area contributed by atoms with Gasteiger partial charge in [0.25, 0.3) is 6.71 Å². The molecule has 11 aromatic rings. The molecule has 11 aromatic carbocycles. The van der Waals surface area contributed by atoms with E-state index in [0.717, 1.165) is 68.1 Å². The van der Waals surface area contributed by atoms with E-state index in [-0.39, 0.29) is 28.4 Å². The lowest BCUT2D eigenvalue weighted by Crippen LogP contribution is -2.61. The molecule has 4 aliphatic rings. The molecule has 3 aliphatic heterocycles. The monoisotopic (exact) mass is 1110 g/mol. The predicted octanol–water partition coefficient (Wildman–Crippen LogP) is 19.2. The van der Waals surface area contributed by atoms with Crippen molar-refractivity contribution >= 4 is 95.8 Å². The Balaban J connectivity index is 0.973. The molecular weight excluding hydrogens is 1030 g/mol. The van der Waals surface area contributed by atoms with E-state index in [1.54, 1.807) is 0 Å². The summed E-state index contributed by atoms with van der Waals surface area (Å²) in [7, 11) is 0. The zero-order chi connectivity index (χ0) is 58.5. The predicted molar refractivity (Wildman–Crippen MR) is 360 cm³/mol. The largest absolute Gasteiger partial charge is 0.486 e.